The van der Waals surface area contributed by atoms with Crippen LogP contribution in [0.3, 0.4) is 0 Å². The maximum atomic E-state index is 11.1. The number of hydrogen-bond acceptors (Lipinski definition) is 4. The average Bonchev–Trinajstić information content (AvgIpc) is 2.37. The van der Waals surface area contributed by atoms with E-state index < -0.39 is 10.9 Å². The zero-order valence-corrected chi connectivity index (χ0v) is 11.3. The van der Waals surface area contributed by atoms with E-state index in [1.54, 1.807) is 18.0 Å². The van der Waals surface area contributed by atoms with Gasteiger partial charge in [-0.05, 0) is 18.1 Å². The summed E-state index contributed by atoms with van der Waals surface area (Å²) in [5, 5.41) is 20.1. The Balaban J connectivity index is 3.23. The van der Waals surface area contributed by atoms with Gasteiger partial charge in [0.1, 0.15) is 11.3 Å². The predicted molar refractivity (Wildman–Crippen MR) is 72.8 cm³/mol. The van der Waals surface area contributed by atoms with Crippen molar-refractivity contribution >= 4 is 17.3 Å². The van der Waals surface area contributed by atoms with Crippen LogP contribution in [0.5, 0.6) is 0 Å². The highest BCUT2D eigenvalue weighted by Crippen LogP contribution is 2.31. The van der Waals surface area contributed by atoms with E-state index in [-0.39, 0.29) is 11.3 Å². The molecule has 0 fully saturated rings. The van der Waals surface area contributed by atoms with Gasteiger partial charge in [0, 0.05) is 13.6 Å². The van der Waals surface area contributed by atoms with Gasteiger partial charge in [-0.25, -0.2) is 4.79 Å². The summed E-state index contributed by atoms with van der Waals surface area (Å²) in [5.74, 6) is -0.913. The molecule has 1 aromatic carbocycles. The van der Waals surface area contributed by atoms with Gasteiger partial charge in [0.2, 0.25) is 0 Å². The molecule has 6 heteroatoms. The van der Waals surface area contributed by atoms with E-state index in [0.717, 1.165) is 6.42 Å². The number of aromatic carboxylic acids is 1. The van der Waals surface area contributed by atoms with Crippen molar-refractivity contribution in [2.75, 3.05) is 18.5 Å². The number of carboxylic acids is 1. The highest BCUT2D eigenvalue weighted by Gasteiger charge is 2.26. The van der Waals surface area contributed by atoms with Gasteiger partial charge in [0.05, 0.1) is 4.92 Å². The molecular formula is C13H18N2O4. The fourth-order valence-electron chi connectivity index (χ4n) is 1.90. The molecule has 1 rings (SSSR count). The number of nitrogens with zero attached hydrogens (tertiary/aromatic N) is 2. The summed E-state index contributed by atoms with van der Waals surface area (Å²) >= 11 is 0. The van der Waals surface area contributed by atoms with E-state index in [4.69, 9.17) is 5.11 Å². The van der Waals surface area contributed by atoms with Gasteiger partial charge >= 0.3 is 11.7 Å². The minimum atomic E-state index is -1.29. The molecule has 6 nitrogen and oxygen atoms in total. The second-order valence-corrected chi connectivity index (χ2v) is 4.63. The van der Waals surface area contributed by atoms with E-state index in [2.05, 4.69) is 0 Å². The molecule has 0 aliphatic rings. The van der Waals surface area contributed by atoms with E-state index in [0.29, 0.717) is 18.2 Å². The van der Waals surface area contributed by atoms with Crippen molar-refractivity contribution in [2.24, 2.45) is 5.92 Å². The summed E-state index contributed by atoms with van der Waals surface area (Å²) in [7, 11) is 1.74. The molecule has 0 aliphatic heterocycles. The molecule has 0 saturated heterocycles. The molecule has 0 saturated carbocycles. The van der Waals surface area contributed by atoms with Crippen LogP contribution in [0.2, 0.25) is 0 Å². The van der Waals surface area contributed by atoms with Gasteiger partial charge in [0.15, 0.2) is 0 Å². The predicted octanol–water partition coefficient (Wildman–Crippen LogP) is 2.78. The summed E-state index contributed by atoms with van der Waals surface area (Å²) in [6, 6.07) is 4.35. The fourth-order valence-corrected chi connectivity index (χ4v) is 1.90. The Labute approximate surface area is 111 Å². The summed E-state index contributed by atoms with van der Waals surface area (Å²) < 4.78 is 0. The zero-order chi connectivity index (χ0) is 14.6. The molecule has 1 atom stereocenters. The molecule has 1 aromatic rings. The second kappa shape index (κ2) is 6.17. The fraction of sp³-hybridized carbons (Fsp3) is 0.462. The third kappa shape index (κ3) is 3.43. The van der Waals surface area contributed by atoms with Gasteiger partial charge in [0.25, 0.3) is 0 Å². The lowest BCUT2D eigenvalue weighted by Crippen LogP contribution is -2.25. The summed E-state index contributed by atoms with van der Waals surface area (Å²) in [6.07, 6.45) is 0.955. The van der Waals surface area contributed by atoms with Crippen molar-refractivity contribution in [3.8, 4) is 0 Å². The minimum Gasteiger partial charge on any atom is -0.477 e. The number of anilines is 1. The largest absolute Gasteiger partial charge is 0.477 e. The van der Waals surface area contributed by atoms with Crippen LogP contribution in [0.25, 0.3) is 0 Å². The molecule has 104 valence electrons. The lowest BCUT2D eigenvalue weighted by Gasteiger charge is -2.22. The first-order chi connectivity index (χ1) is 8.88. The Bertz CT molecular complexity index is 488. The van der Waals surface area contributed by atoms with E-state index >= 15 is 0 Å². The monoisotopic (exact) mass is 266 g/mol. The smallest absolute Gasteiger partial charge is 0.342 e. The lowest BCUT2D eigenvalue weighted by molar-refractivity contribution is -0.384. The number of para-hydroxylation sites is 1. The highest BCUT2D eigenvalue weighted by molar-refractivity contribution is 5.95. The average molecular weight is 266 g/mol. The third-order valence-electron chi connectivity index (χ3n) is 3.12. The summed E-state index contributed by atoms with van der Waals surface area (Å²) in [6.45, 7) is 4.73. The highest BCUT2D eigenvalue weighted by atomic mass is 16.6. The summed E-state index contributed by atoms with van der Waals surface area (Å²) in [5.41, 5.74) is -0.287. The zero-order valence-electron chi connectivity index (χ0n) is 11.3. The van der Waals surface area contributed by atoms with Crippen molar-refractivity contribution in [3.63, 3.8) is 0 Å². The molecule has 1 unspecified atom stereocenters. The maximum Gasteiger partial charge on any atom is 0.342 e. The number of nitro benzene ring substituents is 1. The molecule has 0 radical (unpaired) electrons. The molecule has 0 aromatic heterocycles. The first-order valence-electron chi connectivity index (χ1n) is 6.10. The Kier molecular flexibility index (Phi) is 4.86. The van der Waals surface area contributed by atoms with Crippen LogP contribution in [-0.4, -0.2) is 29.6 Å². The van der Waals surface area contributed by atoms with Crippen LogP contribution >= 0.6 is 0 Å². The van der Waals surface area contributed by atoms with Gasteiger partial charge in [-0.15, -0.1) is 0 Å². The SMILES string of the molecule is CCC(C)CN(C)c1cccc(C(=O)O)c1[N+](=O)[O-]. The van der Waals surface area contributed by atoms with Crippen LogP contribution in [0.1, 0.15) is 30.6 Å². The lowest BCUT2D eigenvalue weighted by atomic mass is 10.1. The number of nitro groups is 1. The molecule has 19 heavy (non-hydrogen) atoms. The van der Waals surface area contributed by atoms with Crippen LogP contribution in [0.15, 0.2) is 18.2 Å². The van der Waals surface area contributed by atoms with Crippen molar-refractivity contribution in [1.29, 1.82) is 0 Å². The van der Waals surface area contributed by atoms with Crippen molar-refractivity contribution in [1.82, 2.24) is 0 Å². The number of hydrogen-bond donors (Lipinski definition) is 1. The molecular weight excluding hydrogens is 248 g/mol. The Morgan fingerprint density at radius 1 is 1.53 bits per heavy atom. The van der Waals surface area contributed by atoms with E-state index in [1.165, 1.54) is 12.1 Å². The molecule has 0 bridgehead atoms. The normalized spacial score (nSPS) is 11.9. The Hall–Kier alpha value is -2.11. The minimum absolute atomic E-state index is 0.279. The van der Waals surface area contributed by atoms with Crippen molar-refractivity contribution in [2.45, 2.75) is 20.3 Å². The number of carbonyl (C=O) groups is 1. The van der Waals surface area contributed by atoms with Crippen molar-refractivity contribution < 1.29 is 14.8 Å². The van der Waals surface area contributed by atoms with Gasteiger partial charge < -0.3 is 10.0 Å². The summed E-state index contributed by atoms with van der Waals surface area (Å²) in [4.78, 5) is 23.3. The molecule has 0 amide bonds. The van der Waals surface area contributed by atoms with Crippen molar-refractivity contribution in [3.05, 3.63) is 33.9 Å². The van der Waals surface area contributed by atoms with E-state index in [9.17, 15) is 14.9 Å². The third-order valence-corrected chi connectivity index (χ3v) is 3.12. The maximum absolute atomic E-state index is 11.1. The van der Waals surface area contributed by atoms with Crippen LogP contribution in [0, 0.1) is 16.0 Å². The standard InChI is InChI=1S/C13H18N2O4/c1-4-9(2)8-14(3)11-7-5-6-10(13(16)17)12(11)15(18)19/h5-7,9H,4,8H2,1-3H3,(H,16,17). The first kappa shape index (κ1) is 14.9. The Morgan fingerprint density at radius 3 is 2.63 bits per heavy atom. The van der Waals surface area contributed by atoms with Gasteiger partial charge in [-0.2, -0.15) is 0 Å². The Morgan fingerprint density at radius 2 is 2.16 bits per heavy atom. The van der Waals surface area contributed by atoms with Gasteiger partial charge in [-0.3, -0.25) is 10.1 Å². The molecule has 0 spiro atoms. The topological polar surface area (TPSA) is 83.7 Å². The molecule has 0 heterocycles. The second-order valence-electron chi connectivity index (χ2n) is 4.63. The number of benzene rings is 1. The van der Waals surface area contributed by atoms with Crippen LogP contribution in [-0.2, 0) is 0 Å². The number of rotatable bonds is 6. The van der Waals surface area contributed by atoms with Gasteiger partial charge in [-0.1, -0.05) is 26.3 Å². The van der Waals surface area contributed by atoms with Crippen LogP contribution < -0.4 is 4.90 Å². The quantitative estimate of drug-likeness (QED) is 0.632. The molecule has 0 aliphatic carbocycles. The molecule has 1 N–H and O–H groups in total. The number of carboxylic acid groups (broad SMARTS) is 1. The van der Waals surface area contributed by atoms with E-state index in [1.807, 2.05) is 13.8 Å². The van der Waals surface area contributed by atoms with Crippen LogP contribution in [0.4, 0.5) is 11.4 Å². The first-order valence-corrected chi connectivity index (χ1v) is 6.10.